The predicted molar refractivity (Wildman–Crippen MR) is 108 cm³/mol. The second-order valence-electron chi connectivity index (χ2n) is 7.73. The van der Waals surface area contributed by atoms with Crippen LogP contribution in [0.3, 0.4) is 0 Å². The van der Waals surface area contributed by atoms with Gasteiger partial charge in [-0.05, 0) is 37.0 Å². The summed E-state index contributed by atoms with van der Waals surface area (Å²) in [6.07, 6.45) is 5.58. The molecule has 2 aromatic rings. The van der Waals surface area contributed by atoms with Crippen molar-refractivity contribution in [1.29, 1.82) is 0 Å². The molecule has 148 valence electrons. The number of rotatable bonds is 4. The van der Waals surface area contributed by atoms with E-state index in [1.165, 1.54) is 24.8 Å². The summed E-state index contributed by atoms with van der Waals surface area (Å²) in [7, 11) is 0. The summed E-state index contributed by atoms with van der Waals surface area (Å²) < 4.78 is 10.9. The molecular formula is C21H27N5O2. The van der Waals surface area contributed by atoms with Gasteiger partial charge in [0.15, 0.2) is 11.5 Å². The van der Waals surface area contributed by atoms with Gasteiger partial charge in [0.05, 0.1) is 0 Å². The van der Waals surface area contributed by atoms with Gasteiger partial charge in [0.25, 0.3) is 0 Å². The average molecular weight is 381 g/mol. The number of piperidine rings is 1. The maximum atomic E-state index is 5.50. The molecule has 7 heteroatoms. The monoisotopic (exact) mass is 381 g/mol. The zero-order valence-corrected chi connectivity index (χ0v) is 16.2. The van der Waals surface area contributed by atoms with Gasteiger partial charge < -0.3 is 19.3 Å². The van der Waals surface area contributed by atoms with E-state index in [9.17, 15) is 0 Å². The number of aromatic nitrogens is 2. The minimum absolute atomic E-state index is 0.329. The molecule has 5 rings (SSSR count). The summed E-state index contributed by atoms with van der Waals surface area (Å²) in [5.41, 5.74) is 1.27. The van der Waals surface area contributed by atoms with Crippen LogP contribution in [0.15, 0.2) is 30.6 Å². The first-order valence-corrected chi connectivity index (χ1v) is 10.3. The van der Waals surface area contributed by atoms with E-state index in [4.69, 9.17) is 9.47 Å². The van der Waals surface area contributed by atoms with E-state index in [0.29, 0.717) is 6.79 Å². The number of piperazine rings is 1. The Morgan fingerprint density at radius 1 is 0.750 bits per heavy atom. The van der Waals surface area contributed by atoms with E-state index in [-0.39, 0.29) is 0 Å². The van der Waals surface area contributed by atoms with Crippen molar-refractivity contribution in [3.05, 3.63) is 36.2 Å². The lowest BCUT2D eigenvalue weighted by Gasteiger charge is -2.36. The second kappa shape index (κ2) is 7.83. The first-order valence-electron chi connectivity index (χ1n) is 10.3. The molecular weight excluding hydrogens is 354 g/mol. The third-order valence-electron chi connectivity index (χ3n) is 5.86. The highest BCUT2D eigenvalue weighted by Crippen LogP contribution is 2.33. The topological polar surface area (TPSA) is 54.0 Å². The van der Waals surface area contributed by atoms with E-state index in [1.54, 1.807) is 6.33 Å². The zero-order valence-electron chi connectivity index (χ0n) is 16.2. The molecule has 0 atom stereocenters. The van der Waals surface area contributed by atoms with E-state index in [2.05, 4.69) is 42.9 Å². The predicted octanol–water partition coefficient (Wildman–Crippen LogP) is 2.52. The van der Waals surface area contributed by atoms with E-state index < -0.39 is 0 Å². The molecule has 0 saturated carbocycles. The highest BCUT2D eigenvalue weighted by atomic mass is 16.7. The standard InChI is InChI=1S/C21H27N5O2/c1-2-6-25(7-3-1)20-13-21(23-15-22-20)26-10-8-24(9-11-26)14-17-4-5-18-19(12-17)28-16-27-18/h4-5,12-13,15H,1-3,6-11,14,16H2. The number of benzene rings is 1. The van der Waals surface area contributed by atoms with Crippen LogP contribution in [0.1, 0.15) is 24.8 Å². The molecule has 0 unspecified atom stereocenters. The number of hydrogen-bond donors (Lipinski definition) is 0. The van der Waals surface area contributed by atoms with Crippen LogP contribution in [0.4, 0.5) is 11.6 Å². The second-order valence-corrected chi connectivity index (χ2v) is 7.73. The fourth-order valence-electron chi connectivity index (χ4n) is 4.24. The Morgan fingerprint density at radius 2 is 1.46 bits per heavy atom. The summed E-state index contributed by atoms with van der Waals surface area (Å²) in [6, 6.07) is 8.41. The van der Waals surface area contributed by atoms with Crippen molar-refractivity contribution < 1.29 is 9.47 Å². The van der Waals surface area contributed by atoms with Crippen molar-refractivity contribution in [1.82, 2.24) is 14.9 Å². The molecule has 0 aliphatic carbocycles. The quantitative estimate of drug-likeness (QED) is 0.807. The van der Waals surface area contributed by atoms with Gasteiger partial charge >= 0.3 is 0 Å². The average Bonchev–Trinajstić information content (AvgIpc) is 3.23. The molecule has 2 saturated heterocycles. The Bertz CT molecular complexity index is 816. The molecule has 2 fully saturated rings. The van der Waals surface area contributed by atoms with Gasteiger partial charge in [-0.25, -0.2) is 9.97 Å². The van der Waals surface area contributed by atoms with Crippen LogP contribution < -0.4 is 19.3 Å². The van der Waals surface area contributed by atoms with Gasteiger partial charge in [-0.2, -0.15) is 0 Å². The summed E-state index contributed by atoms with van der Waals surface area (Å²) in [5, 5.41) is 0. The molecule has 1 aromatic carbocycles. The first kappa shape index (κ1) is 17.6. The molecule has 3 aliphatic rings. The van der Waals surface area contributed by atoms with Crippen molar-refractivity contribution in [2.24, 2.45) is 0 Å². The van der Waals surface area contributed by atoms with Crippen molar-refractivity contribution in [3.63, 3.8) is 0 Å². The lowest BCUT2D eigenvalue weighted by molar-refractivity contribution is 0.174. The summed E-state index contributed by atoms with van der Waals surface area (Å²) in [4.78, 5) is 16.3. The highest BCUT2D eigenvalue weighted by molar-refractivity contribution is 5.50. The number of hydrogen-bond acceptors (Lipinski definition) is 7. The molecule has 0 N–H and O–H groups in total. The van der Waals surface area contributed by atoms with Crippen LogP contribution in [-0.4, -0.2) is 60.9 Å². The molecule has 28 heavy (non-hydrogen) atoms. The van der Waals surface area contributed by atoms with Gasteiger partial charge in [-0.15, -0.1) is 0 Å². The van der Waals surface area contributed by atoms with Crippen LogP contribution in [-0.2, 0) is 6.54 Å². The van der Waals surface area contributed by atoms with Crippen LogP contribution in [0.2, 0.25) is 0 Å². The Balaban J connectivity index is 1.19. The molecule has 0 radical (unpaired) electrons. The van der Waals surface area contributed by atoms with Gasteiger partial charge in [0, 0.05) is 51.9 Å². The van der Waals surface area contributed by atoms with E-state index in [1.807, 2.05) is 6.07 Å². The van der Waals surface area contributed by atoms with Crippen LogP contribution in [0, 0.1) is 0 Å². The van der Waals surface area contributed by atoms with Crippen LogP contribution in [0.5, 0.6) is 11.5 Å². The van der Waals surface area contributed by atoms with Gasteiger partial charge in [-0.3, -0.25) is 4.90 Å². The third-order valence-corrected chi connectivity index (χ3v) is 5.86. The Hall–Kier alpha value is -2.54. The maximum Gasteiger partial charge on any atom is 0.231 e. The zero-order chi connectivity index (χ0) is 18.8. The summed E-state index contributed by atoms with van der Waals surface area (Å²) in [6.45, 7) is 7.51. The lowest BCUT2D eigenvalue weighted by atomic mass is 10.1. The van der Waals surface area contributed by atoms with Crippen molar-refractivity contribution in [3.8, 4) is 11.5 Å². The highest BCUT2D eigenvalue weighted by Gasteiger charge is 2.21. The van der Waals surface area contributed by atoms with Crippen LogP contribution in [0.25, 0.3) is 0 Å². The number of ether oxygens (including phenoxy) is 2. The Kier molecular flexibility index (Phi) is 4.91. The van der Waals surface area contributed by atoms with Crippen molar-refractivity contribution >= 4 is 11.6 Å². The fraction of sp³-hybridized carbons (Fsp3) is 0.524. The molecule has 0 amide bonds. The van der Waals surface area contributed by atoms with Crippen LogP contribution >= 0.6 is 0 Å². The first-order chi connectivity index (χ1) is 13.8. The fourth-order valence-corrected chi connectivity index (χ4v) is 4.24. The Labute approximate surface area is 165 Å². The smallest absolute Gasteiger partial charge is 0.231 e. The number of fused-ring (bicyclic) bond motifs is 1. The molecule has 0 bridgehead atoms. The molecule has 0 spiro atoms. The molecule has 1 aromatic heterocycles. The Morgan fingerprint density at radius 3 is 2.25 bits per heavy atom. The molecule has 3 aliphatic heterocycles. The molecule has 7 nitrogen and oxygen atoms in total. The van der Waals surface area contributed by atoms with Gasteiger partial charge in [-0.1, -0.05) is 6.07 Å². The van der Waals surface area contributed by atoms with E-state index in [0.717, 1.165) is 68.9 Å². The minimum atomic E-state index is 0.329. The normalized spacial score (nSPS) is 19.9. The van der Waals surface area contributed by atoms with Gasteiger partial charge in [0.1, 0.15) is 18.0 Å². The SMILES string of the molecule is c1nc(N2CCCCC2)cc(N2CCN(Cc3ccc4c(c3)OCO4)CC2)n1. The lowest BCUT2D eigenvalue weighted by Crippen LogP contribution is -2.46. The summed E-state index contributed by atoms with van der Waals surface area (Å²) in [5.74, 6) is 3.84. The van der Waals surface area contributed by atoms with Gasteiger partial charge in [0.2, 0.25) is 6.79 Å². The number of nitrogens with zero attached hydrogens (tertiary/aromatic N) is 5. The maximum absolute atomic E-state index is 5.50. The largest absolute Gasteiger partial charge is 0.454 e. The third kappa shape index (κ3) is 3.71. The van der Waals surface area contributed by atoms with Crippen molar-refractivity contribution in [2.75, 3.05) is 55.9 Å². The molecule has 4 heterocycles. The summed E-state index contributed by atoms with van der Waals surface area (Å²) >= 11 is 0. The van der Waals surface area contributed by atoms with Crippen molar-refractivity contribution in [2.45, 2.75) is 25.8 Å². The number of anilines is 2. The minimum Gasteiger partial charge on any atom is -0.454 e. The van der Waals surface area contributed by atoms with E-state index >= 15 is 0 Å².